The minimum Gasteiger partial charge on any atom is -0.508 e. The molecule has 0 aromatic heterocycles. The second kappa shape index (κ2) is 17.3. The van der Waals surface area contributed by atoms with Crippen molar-refractivity contribution in [1.82, 2.24) is 10.6 Å². The van der Waals surface area contributed by atoms with E-state index in [0.29, 0.717) is 23.4 Å². The highest BCUT2D eigenvalue weighted by molar-refractivity contribution is 6.07. The number of allylic oxidation sites excluding steroid dienone is 5. The molecule has 2 saturated heterocycles. The second-order valence-corrected chi connectivity index (χ2v) is 18.8. The largest absolute Gasteiger partial charge is 0.508 e. The lowest BCUT2D eigenvalue weighted by Crippen LogP contribution is -2.52. The monoisotopic (exact) mass is 806 g/mol. The fourth-order valence-corrected chi connectivity index (χ4v) is 11.9. The molecule has 3 heterocycles. The number of fused-ring (bicyclic) bond motifs is 1. The Morgan fingerprint density at radius 2 is 1.73 bits per heavy atom. The van der Waals surface area contributed by atoms with Crippen LogP contribution in [0.25, 0.3) is 16.7 Å². The molecule has 3 aliphatic heterocycles. The number of aromatic hydroxyl groups is 1. The van der Waals surface area contributed by atoms with Gasteiger partial charge in [0.05, 0.1) is 17.2 Å². The van der Waals surface area contributed by atoms with Crippen molar-refractivity contribution in [2.75, 3.05) is 13.1 Å². The predicted molar refractivity (Wildman–Crippen MR) is 237 cm³/mol. The summed E-state index contributed by atoms with van der Waals surface area (Å²) < 4.78 is 12.9. The number of hydrogen-bond acceptors (Lipinski definition) is 7. The van der Waals surface area contributed by atoms with Crippen molar-refractivity contribution in [3.8, 4) is 16.9 Å². The molecule has 7 nitrogen and oxygen atoms in total. The van der Waals surface area contributed by atoms with E-state index in [1.807, 2.05) is 36.4 Å². The van der Waals surface area contributed by atoms with Crippen LogP contribution in [0.5, 0.6) is 5.75 Å². The van der Waals surface area contributed by atoms with Gasteiger partial charge in [0, 0.05) is 17.1 Å². The van der Waals surface area contributed by atoms with Crippen molar-refractivity contribution in [2.45, 2.75) is 104 Å². The number of carbonyl (C=O) groups is 2. The summed E-state index contributed by atoms with van der Waals surface area (Å²) in [6.07, 6.45) is 16.4. The van der Waals surface area contributed by atoms with Crippen LogP contribution in [-0.4, -0.2) is 36.3 Å². The zero-order valence-electron chi connectivity index (χ0n) is 35.7. The lowest BCUT2D eigenvalue weighted by Gasteiger charge is -2.56. The Balaban J connectivity index is 1.09. The standard InChI is InChI=1S/C53H62N2O5/c1-4-34(29-35-14-7-5-8-15-35)30-45-53-26-24-40(47(50(53)52(58)60-45)43-32-38(56)20-21-39(43)37-17-9-6-10-18-37)41-22-23-42-44(59-51(57)48(42)49(41)53)19-11-16-36-25-28-55-46(31-36)54-27-12-13-33(2)3/h5-10,14-15,17-21,30,32-34,36,40-41,46,49,54-56H,4,11-13,16,22-29,31H2,1-3H3/b44-19?,45-30-/t34-,36+,40+,41-,46-,49+,53+/m0/s1. The lowest BCUT2D eigenvalue weighted by molar-refractivity contribution is -0.135. The zero-order chi connectivity index (χ0) is 41.4. The number of phenols is 1. The Labute approximate surface area is 356 Å². The Hall–Kier alpha value is -4.72. The Morgan fingerprint density at radius 3 is 2.52 bits per heavy atom. The maximum absolute atomic E-state index is 14.7. The summed E-state index contributed by atoms with van der Waals surface area (Å²) in [5.41, 5.74) is 6.82. The highest BCUT2D eigenvalue weighted by Crippen LogP contribution is 2.72. The fraction of sp³-hybridized carbons (Fsp3) is 0.472. The van der Waals surface area contributed by atoms with E-state index >= 15 is 0 Å². The van der Waals surface area contributed by atoms with Crippen molar-refractivity contribution < 1.29 is 24.2 Å². The number of benzene rings is 3. The van der Waals surface area contributed by atoms with Crippen LogP contribution in [-0.2, 0) is 25.5 Å². The molecular formula is C53H62N2O5. The molecule has 0 radical (unpaired) electrons. The maximum atomic E-state index is 14.7. The van der Waals surface area contributed by atoms with Crippen LogP contribution in [0, 0.1) is 40.9 Å². The van der Waals surface area contributed by atoms with Gasteiger partial charge in [-0.2, -0.15) is 0 Å². The van der Waals surface area contributed by atoms with Gasteiger partial charge >= 0.3 is 11.9 Å². The van der Waals surface area contributed by atoms with E-state index in [9.17, 15) is 14.7 Å². The van der Waals surface area contributed by atoms with Gasteiger partial charge < -0.3 is 25.2 Å². The molecular weight excluding hydrogens is 745 g/mol. The lowest BCUT2D eigenvalue weighted by atomic mass is 9.44. The summed E-state index contributed by atoms with van der Waals surface area (Å²) in [5, 5.41) is 18.5. The van der Waals surface area contributed by atoms with Gasteiger partial charge in [0.15, 0.2) is 0 Å². The van der Waals surface area contributed by atoms with Crippen molar-refractivity contribution in [3.63, 3.8) is 0 Å². The quantitative estimate of drug-likeness (QED) is 0.110. The Bertz CT molecular complexity index is 2220. The molecule has 3 N–H and O–H groups in total. The average Bonchev–Trinajstić information content (AvgIpc) is 3.74. The molecule has 0 unspecified atom stereocenters. The molecule has 3 aromatic carbocycles. The van der Waals surface area contributed by atoms with Crippen LogP contribution in [0.2, 0.25) is 0 Å². The first-order valence-electron chi connectivity index (χ1n) is 23.0. The average molecular weight is 807 g/mol. The SMILES string of the molecule is CC[C@H](/C=C1\OC(=O)C2=C(c3cc(O)ccc3-c3ccccc3)[C@@H]3CC[C@@]21[C@H]1C2=C(CC[C@@H]31)C(=CCC[C@@H]1CCN[C@H](NCCCC(C)C)C1)OC2=O)Cc1ccccc1. The molecule has 3 aromatic rings. The van der Waals surface area contributed by atoms with E-state index in [1.165, 1.54) is 18.4 Å². The first-order valence-corrected chi connectivity index (χ1v) is 23.0. The van der Waals surface area contributed by atoms with Gasteiger partial charge in [-0.15, -0.1) is 0 Å². The van der Waals surface area contributed by atoms with E-state index in [2.05, 4.69) is 80.0 Å². The molecule has 10 rings (SSSR count). The van der Waals surface area contributed by atoms with Crippen LogP contribution < -0.4 is 10.6 Å². The molecule has 3 fully saturated rings. The van der Waals surface area contributed by atoms with Gasteiger partial charge in [-0.05, 0) is 172 Å². The van der Waals surface area contributed by atoms with Crippen LogP contribution in [0.3, 0.4) is 0 Å². The van der Waals surface area contributed by atoms with Crippen molar-refractivity contribution in [1.29, 1.82) is 0 Å². The molecule has 1 saturated carbocycles. The summed E-state index contributed by atoms with van der Waals surface area (Å²) in [7, 11) is 0. The first kappa shape index (κ1) is 40.7. The van der Waals surface area contributed by atoms with Gasteiger partial charge in [0.2, 0.25) is 0 Å². The number of hydrogen-bond donors (Lipinski definition) is 3. The topological polar surface area (TPSA) is 96.9 Å². The summed E-state index contributed by atoms with van der Waals surface area (Å²) >= 11 is 0. The molecule has 0 amide bonds. The normalized spacial score (nSPS) is 28.9. The van der Waals surface area contributed by atoms with Gasteiger partial charge in [0.25, 0.3) is 0 Å². The molecule has 2 bridgehead atoms. The first-order chi connectivity index (χ1) is 29.2. The summed E-state index contributed by atoms with van der Waals surface area (Å²) in [6, 6.07) is 26.3. The van der Waals surface area contributed by atoms with E-state index in [-0.39, 0.29) is 41.4 Å². The fourth-order valence-electron chi connectivity index (χ4n) is 11.9. The number of cyclic esters (lactones) is 2. The third-order valence-corrected chi connectivity index (χ3v) is 14.7. The number of ether oxygens (including phenoxy) is 2. The number of rotatable bonds is 14. The van der Waals surface area contributed by atoms with Crippen molar-refractivity contribution >= 4 is 17.5 Å². The second-order valence-electron chi connectivity index (χ2n) is 18.8. The van der Waals surface area contributed by atoms with Crippen LogP contribution in [0.15, 0.2) is 119 Å². The summed E-state index contributed by atoms with van der Waals surface area (Å²) in [6.45, 7) is 8.83. The van der Waals surface area contributed by atoms with Crippen LogP contribution in [0.4, 0.5) is 0 Å². The molecule has 4 aliphatic carbocycles. The van der Waals surface area contributed by atoms with E-state index < -0.39 is 5.41 Å². The number of esters is 2. The van der Waals surface area contributed by atoms with E-state index in [0.717, 1.165) is 122 Å². The molecule has 7 heteroatoms. The van der Waals surface area contributed by atoms with Crippen molar-refractivity contribution in [2.24, 2.45) is 40.9 Å². The number of nitrogens with one attached hydrogen (secondary N) is 2. The van der Waals surface area contributed by atoms with Crippen molar-refractivity contribution in [3.05, 3.63) is 130 Å². The minimum absolute atomic E-state index is 0.0241. The molecule has 7 aliphatic rings. The van der Waals surface area contributed by atoms with E-state index in [4.69, 9.17) is 9.47 Å². The molecule has 314 valence electrons. The third kappa shape index (κ3) is 7.62. The molecule has 1 spiro atoms. The Kier molecular flexibility index (Phi) is 11.8. The zero-order valence-corrected chi connectivity index (χ0v) is 35.7. The minimum atomic E-state index is -0.808. The van der Waals surface area contributed by atoms with Gasteiger partial charge in [-0.25, -0.2) is 9.59 Å². The number of carbonyl (C=O) groups excluding carboxylic acids is 2. The Morgan fingerprint density at radius 1 is 0.933 bits per heavy atom. The molecule has 7 atom stereocenters. The smallest absolute Gasteiger partial charge is 0.340 e. The van der Waals surface area contributed by atoms with Crippen LogP contribution >= 0.6 is 0 Å². The third-order valence-electron chi connectivity index (χ3n) is 14.7. The van der Waals surface area contributed by atoms with Gasteiger partial charge in [0.1, 0.15) is 17.3 Å². The summed E-state index contributed by atoms with van der Waals surface area (Å²) in [5.74, 6) is 2.43. The maximum Gasteiger partial charge on any atom is 0.340 e. The molecule has 60 heavy (non-hydrogen) atoms. The highest BCUT2D eigenvalue weighted by atomic mass is 16.5. The number of phenolic OH excluding ortho intramolecular Hbond substituents is 1. The predicted octanol–water partition coefficient (Wildman–Crippen LogP) is 10.8. The van der Waals surface area contributed by atoms with Gasteiger partial charge in [-0.3, -0.25) is 0 Å². The number of piperidine rings is 1. The summed E-state index contributed by atoms with van der Waals surface area (Å²) in [4.78, 5) is 29.2. The van der Waals surface area contributed by atoms with E-state index in [1.54, 1.807) is 6.07 Å². The van der Waals surface area contributed by atoms with Gasteiger partial charge in [-0.1, -0.05) is 87.5 Å². The van der Waals surface area contributed by atoms with Crippen LogP contribution in [0.1, 0.15) is 103 Å². The highest BCUT2D eigenvalue weighted by Gasteiger charge is 2.68.